The van der Waals surface area contributed by atoms with Gasteiger partial charge in [-0.2, -0.15) is 0 Å². The Morgan fingerprint density at radius 3 is 2.50 bits per heavy atom. The predicted molar refractivity (Wildman–Crippen MR) is 59.8 cm³/mol. The Kier molecular flexibility index (Phi) is 3.22. The smallest absolute Gasteiger partial charge is 0.313 e. The lowest BCUT2D eigenvalue weighted by Crippen LogP contribution is -2.28. The van der Waals surface area contributed by atoms with Gasteiger partial charge in [-0.3, -0.25) is 4.79 Å². The van der Waals surface area contributed by atoms with Gasteiger partial charge in [0, 0.05) is 4.47 Å². The van der Waals surface area contributed by atoms with Crippen LogP contribution in [0.15, 0.2) is 22.7 Å². The molecule has 4 heteroatoms. The molecular formula is C10H10BrClO2. The summed E-state index contributed by atoms with van der Waals surface area (Å²) < 4.78 is 0.714. The minimum Gasteiger partial charge on any atom is -0.481 e. The molecule has 2 nitrogen and oxygen atoms in total. The number of carboxylic acids is 1. The first-order chi connectivity index (χ1) is 6.35. The fraction of sp³-hybridized carbons (Fsp3) is 0.300. The van der Waals surface area contributed by atoms with Crippen molar-refractivity contribution < 1.29 is 9.90 Å². The highest BCUT2D eigenvalue weighted by Crippen LogP contribution is 2.30. The van der Waals surface area contributed by atoms with E-state index in [2.05, 4.69) is 15.9 Å². The van der Waals surface area contributed by atoms with E-state index in [4.69, 9.17) is 16.7 Å². The molecule has 0 spiro atoms. The number of benzene rings is 1. The average molecular weight is 278 g/mol. The normalized spacial score (nSPS) is 11.4. The Labute approximate surface area is 96.0 Å². The maximum absolute atomic E-state index is 11.0. The van der Waals surface area contributed by atoms with Gasteiger partial charge in [0.15, 0.2) is 0 Å². The molecule has 0 unspecified atom stereocenters. The molecule has 0 bridgehead atoms. The van der Waals surface area contributed by atoms with Crippen LogP contribution in [-0.2, 0) is 10.2 Å². The third kappa shape index (κ3) is 2.10. The van der Waals surface area contributed by atoms with Gasteiger partial charge in [-0.1, -0.05) is 17.7 Å². The summed E-state index contributed by atoms with van der Waals surface area (Å²) in [6.45, 7) is 3.32. The molecule has 0 fully saturated rings. The molecule has 0 radical (unpaired) electrons. The van der Waals surface area contributed by atoms with E-state index in [1.165, 1.54) is 0 Å². The fourth-order valence-corrected chi connectivity index (χ4v) is 1.50. The van der Waals surface area contributed by atoms with E-state index < -0.39 is 11.4 Å². The van der Waals surface area contributed by atoms with Crippen molar-refractivity contribution in [1.82, 2.24) is 0 Å². The standard InChI is InChI=1S/C10H10BrClO2/c1-10(2,9(13)14)6-3-4-8(12)7(11)5-6/h3-5H,1-2H3,(H,13,14). The van der Waals surface area contributed by atoms with Crippen molar-refractivity contribution in [2.45, 2.75) is 19.3 Å². The first-order valence-corrected chi connectivity index (χ1v) is 5.21. The minimum absolute atomic E-state index is 0.579. The summed E-state index contributed by atoms with van der Waals surface area (Å²) in [7, 11) is 0. The molecule has 0 saturated carbocycles. The van der Waals surface area contributed by atoms with E-state index in [9.17, 15) is 4.79 Å². The van der Waals surface area contributed by atoms with Crippen LogP contribution >= 0.6 is 27.5 Å². The number of carboxylic acid groups (broad SMARTS) is 1. The van der Waals surface area contributed by atoms with E-state index in [-0.39, 0.29) is 0 Å². The quantitative estimate of drug-likeness (QED) is 0.899. The lowest BCUT2D eigenvalue weighted by atomic mass is 9.85. The third-order valence-corrected chi connectivity index (χ3v) is 3.39. The van der Waals surface area contributed by atoms with Gasteiger partial charge in [-0.25, -0.2) is 0 Å². The highest BCUT2D eigenvalue weighted by Gasteiger charge is 2.29. The minimum atomic E-state index is -0.896. The van der Waals surface area contributed by atoms with Crippen LogP contribution in [0.3, 0.4) is 0 Å². The topological polar surface area (TPSA) is 37.3 Å². The van der Waals surface area contributed by atoms with Crippen LogP contribution in [0.1, 0.15) is 19.4 Å². The van der Waals surface area contributed by atoms with Gasteiger partial charge in [0.2, 0.25) is 0 Å². The number of hydrogen-bond donors (Lipinski definition) is 1. The van der Waals surface area contributed by atoms with E-state index in [1.807, 2.05) is 0 Å². The Morgan fingerprint density at radius 1 is 1.50 bits per heavy atom. The van der Waals surface area contributed by atoms with Crippen molar-refractivity contribution in [3.05, 3.63) is 33.3 Å². The zero-order valence-electron chi connectivity index (χ0n) is 7.84. The predicted octanol–water partition coefficient (Wildman–Crippen LogP) is 3.46. The molecular weight excluding hydrogens is 267 g/mol. The second kappa shape index (κ2) is 3.91. The summed E-state index contributed by atoms with van der Waals surface area (Å²) in [5, 5.41) is 9.59. The van der Waals surface area contributed by atoms with Gasteiger partial charge in [0.25, 0.3) is 0 Å². The first kappa shape index (κ1) is 11.5. The summed E-state index contributed by atoms with van der Waals surface area (Å²) in [5.74, 6) is -0.855. The van der Waals surface area contributed by atoms with Crippen LogP contribution < -0.4 is 0 Å². The highest BCUT2D eigenvalue weighted by atomic mass is 79.9. The Bertz CT molecular complexity index is 374. The summed E-state index contributed by atoms with van der Waals surface area (Å²) in [6, 6.07) is 5.14. The number of hydrogen-bond acceptors (Lipinski definition) is 1. The van der Waals surface area contributed by atoms with Gasteiger partial charge in [-0.05, 0) is 47.5 Å². The summed E-state index contributed by atoms with van der Waals surface area (Å²) in [5.41, 5.74) is -0.172. The largest absolute Gasteiger partial charge is 0.481 e. The average Bonchev–Trinajstić information content (AvgIpc) is 2.09. The van der Waals surface area contributed by atoms with Crippen LogP contribution in [0.25, 0.3) is 0 Å². The molecule has 0 heterocycles. The number of halogens is 2. The van der Waals surface area contributed by atoms with E-state index in [0.717, 1.165) is 5.56 Å². The molecule has 1 aromatic carbocycles. The molecule has 76 valence electrons. The Hall–Kier alpha value is -0.540. The number of aliphatic carboxylic acids is 1. The molecule has 0 saturated heterocycles. The molecule has 1 N–H and O–H groups in total. The van der Waals surface area contributed by atoms with E-state index >= 15 is 0 Å². The Balaban J connectivity index is 3.21. The lowest BCUT2D eigenvalue weighted by molar-refractivity contribution is -0.142. The molecule has 0 atom stereocenters. The van der Waals surface area contributed by atoms with Gasteiger partial charge >= 0.3 is 5.97 Å². The lowest BCUT2D eigenvalue weighted by Gasteiger charge is -2.19. The monoisotopic (exact) mass is 276 g/mol. The fourth-order valence-electron chi connectivity index (χ4n) is 1.01. The highest BCUT2D eigenvalue weighted by molar-refractivity contribution is 9.10. The molecule has 1 rings (SSSR count). The second-order valence-corrected chi connectivity index (χ2v) is 4.82. The maximum atomic E-state index is 11.0. The third-order valence-electron chi connectivity index (χ3n) is 2.18. The molecule has 1 aromatic rings. The summed E-state index contributed by atoms with van der Waals surface area (Å²) >= 11 is 9.08. The van der Waals surface area contributed by atoms with Gasteiger partial charge in [0.05, 0.1) is 10.4 Å². The van der Waals surface area contributed by atoms with Crippen molar-refractivity contribution in [2.75, 3.05) is 0 Å². The molecule has 0 aliphatic rings. The van der Waals surface area contributed by atoms with Crippen molar-refractivity contribution >= 4 is 33.5 Å². The second-order valence-electron chi connectivity index (χ2n) is 3.56. The molecule has 14 heavy (non-hydrogen) atoms. The van der Waals surface area contributed by atoms with Crippen molar-refractivity contribution in [2.24, 2.45) is 0 Å². The number of rotatable bonds is 2. The zero-order valence-corrected chi connectivity index (χ0v) is 10.2. The van der Waals surface area contributed by atoms with E-state index in [0.29, 0.717) is 9.50 Å². The van der Waals surface area contributed by atoms with Crippen molar-refractivity contribution in [3.63, 3.8) is 0 Å². The SMILES string of the molecule is CC(C)(C(=O)O)c1ccc(Cl)c(Br)c1. The molecule has 0 aromatic heterocycles. The van der Waals surface area contributed by atoms with Crippen molar-refractivity contribution in [1.29, 1.82) is 0 Å². The van der Waals surface area contributed by atoms with Crippen LogP contribution in [0.5, 0.6) is 0 Å². The maximum Gasteiger partial charge on any atom is 0.313 e. The number of carbonyl (C=O) groups is 1. The van der Waals surface area contributed by atoms with E-state index in [1.54, 1.807) is 32.0 Å². The van der Waals surface area contributed by atoms with Gasteiger partial charge in [0.1, 0.15) is 0 Å². The summed E-state index contributed by atoms with van der Waals surface area (Å²) in [4.78, 5) is 11.0. The zero-order chi connectivity index (χ0) is 10.9. The van der Waals surface area contributed by atoms with Crippen LogP contribution in [0.4, 0.5) is 0 Å². The van der Waals surface area contributed by atoms with Gasteiger partial charge < -0.3 is 5.11 Å². The van der Waals surface area contributed by atoms with Crippen molar-refractivity contribution in [3.8, 4) is 0 Å². The van der Waals surface area contributed by atoms with Gasteiger partial charge in [-0.15, -0.1) is 0 Å². The summed E-state index contributed by atoms with van der Waals surface area (Å²) in [6.07, 6.45) is 0. The van der Waals surface area contributed by atoms with Crippen LogP contribution in [0, 0.1) is 0 Å². The first-order valence-electron chi connectivity index (χ1n) is 4.04. The molecule has 0 amide bonds. The molecule has 0 aliphatic carbocycles. The van der Waals surface area contributed by atoms with Crippen LogP contribution in [-0.4, -0.2) is 11.1 Å². The molecule has 0 aliphatic heterocycles. The Morgan fingerprint density at radius 2 is 2.07 bits per heavy atom. The van der Waals surface area contributed by atoms with Crippen LogP contribution in [0.2, 0.25) is 5.02 Å².